The number of quaternary nitrogens is 1. The Labute approximate surface area is 174 Å². The number of nitrogens with zero attached hydrogens (tertiary/aromatic N) is 4. The van der Waals surface area contributed by atoms with Crippen molar-refractivity contribution in [3.05, 3.63) is 16.3 Å². The van der Waals surface area contributed by atoms with Crippen molar-refractivity contribution in [3.8, 4) is 0 Å². The smallest absolute Gasteiger partial charge is 0.277 e. The molecule has 2 amide bonds. The van der Waals surface area contributed by atoms with Crippen LogP contribution in [0.1, 0.15) is 16.3 Å². The second-order valence-corrected chi connectivity index (χ2v) is 9.59. The van der Waals surface area contributed by atoms with Crippen molar-refractivity contribution in [1.82, 2.24) is 19.8 Å². The molecule has 1 fully saturated rings. The molecule has 3 rings (SSSR count). The maximum absolute atomic E-state index is 12.7. The maximum atomic E-state index is 12.7. The molecule has 0 aromatic carbocycles. The van der Waals surface area contributed by atoms with Crippen LogP contribution in [0.25, 0.3) is 10.2 Å². The van der Waals surface area contributed by atoms with Gasteiger partial charge >= 0.3 is 0 Å². The van der Waals surface area contributed by atoms with Crippen LogP contribution in [0, 0.1) is 20.8 Å². The molecule has 1 saturated heterocycles. The number of carbonyl (C=O) groups is 2. The third-order valence-electron chi connectivity index (χ3n) is 5.16. The highest BCUT2D eigenvalue weighted by Gasteiger charge is 2.26. The molecule has 0 spiro atoms. The van der Waals surface area contributed by atoms with Gasteiger partial charge in [-0.25, -0.2) is 9.97 Å². The molecule has 2 aromatic rings. The molecule has 9 heteroatoms. The zero-order valence-electron chi connectivity index (χ0n) is 17.2. The summed E-state index contributed by atoms with van der Waals surface area (Å²) < 4.78 is 0. The van der Waals surface area contributed by atoms with E-state index in [1.165, 1.54) is 27.1 Å². The minimum atomic E-state index is 0.134. The molecule has 1 N–H and O–H groups in total. The summed E-state index contributed by atoms with van der Waals surface area (Å²) in [4.78, 5) is 40.7. The molecule has 1 aliphatic heterocycles. The van der Waals surface area contributed by atoms with Gasteiger partial charge in [-0.2, -0.15) is 0 Å². The number of piperazine rings is 1. The zero-order chi connectivity index (χ0) is 20.4. The van der Waals surface area contributed by atoms with Gasteiger partial charge in [0.05, 0.1) is 31.9 Å². The number of thiophene rings is 1. The molecule has 3 heterocycles. The Morgan fingerprint density at radius 2 is 1.86 bits per heavy atom. The number of hydrogen-bond donors (Lipinski definition) is 1. The highest BCUT2D eigenvalue weighted by molar-refractivity contribution is 8.00. The van der Waals surface area contributed by atoms with Gasteiger partial charge in [0.2, 0.25) is 5.91 Å². The van der Waals surface area contributed by atoms with Gasteiger partial charge in [-0.1, -0.05) is 11.8 Å². The lowest BCUT2D eigenvalue weighted by Gasteiger charge is -2.32. The van der Waals surface area contributed by atoms with Gasteiger partial charge in [0.1, 0.15) is 15.7 Å². The fourth-order valence-electron chi connectivity index (χ4n) is 3.26. The summed E-state index contributed by atoms with van der Waals surface area (Å²) in [7, 11) is 3.56. The van der Waals surface area contributed by atoms with E-state index in [2.05, 4.69) is 23.8 Å². The van der Waals surface area contributed by atoms with Crippen molar-refractivity contribution in [3.63, 3.8) is 0 Å². The molecule has 1 aliphatic rings. The first kappa shape index (κ1) is 21.0. The van der Waals surface area contributed by atoms with E-state index in [1.54, 1.807) is 30.3 Å². The Morgan fingerprint density at radius 1 is 1.18 bits per heavy atom. The largest absolute Gasteiger partial charge is 0.344 e. The number of hydrogen-bond acceptors (Lipinski definition) is 6. The van der Waals surface area contributed by atoms with E-state index in [-0.39, 0.29) is 11.8 Å². The summed E-state index contributed by atoms with van der Waals surface area (Å²) in [5.41, 5.74) is 1.21. The molecule has 0 bridgehead atoms. The van der Waals surface area contributed by atoms with E-state index in [9.17, 15) is 9.59 Å². The number of carbonyl (C=O) groups excluding carboxylic acids is 2. The summed E-state index contributed by atoms with van der Waals surface area (Å²) in [6, 6.07) is 0. The number of thioether (sulfide) groups is 1. The van der Waals surface area contributed by atoms with Crippen molar-refractivity contribution in [1.29, 1.82) is 0 Å². The second kappa shape index (κ2) is 8.75. The second-order valence-electron chi connectivity index (χ2n) is 7.42. The van der Waals surface area contributed by atoms with Crippen molar-refractivity contribution < 1.29 is 14.5 Å². The van der Waals surface area contributed by atoms with Crippen LogP contribution in [0.4, 0.5) is 0 Å². The number of aryl methyl sites for hydroxylation is 3. The van der Waals surface area contributed by atoms with E-state index < -0.39 is 0 Å². The summed E-state index contributed by atoms with van der Waals surface area (Å²) in [6.45, 7) is 9.61. The van der Waals surface area contributed by atoms with Crippen LogP contribution < -0.4 is 4.90 Å². The van der Waals surface area contributed by atoms with Crippen LogP contribution in [-0.4, -0.2) is 84.2 Å². The van der Waals surface area contributed by atoms with Gasteiger partial charge in [0.25, 0.3) is 5.91 Å². The first-order chi connectivity index (χ1) is 13.3. The van der Waals surface area contributed by atoms with Crippen LogP contribution in [0.5, 0.6) is 0 Å². The van der Waals surface area contributed by atoms with Gasteiger partial charge in [-0.05, 0) is 26.3 Å². The van der Waals surface area contributed by atoms with E-state index in [4.69, 9.17) is 0 Å². The first-order valence-electron chi connectivity index (χ1n) is 9.45. The van der Waals surface area contributed by atoms with Crippen LogP contribution >= 0.6 is 23.1 Å². The summed E-state index contributed by atoms with van der Waals surface area (Å²) in [5.74, 6) is 1.39. The Bertz CT molecular complexity index is 888. The predicted molar refractivity (Wildman–Crippen MR) is 113 cm³/mol. The van der Waals surface area contributed by atoms with E-state index >= 15 is 0 Å². The van der Waals surface area contributed by atoms with Crippen molar-refractivity contribution in [2.24, 2.45) is 0 Å². The molecule has 0 unspecified atom stereocenters. The minimum absolute atomic E-state index is 0.134. The molecular weight excluding hydrogens is 394 g/mol. The summed E-state index contributed by atoms with van der Waals surface area (Å²) in [5, 5.41) is 1.99. The molecule has 152 valence electrons. The Kier molecular flexibility index (Phi) is 6.57. The van der Waals surface area contributed by atoms with Crippen LogP contribution in [-0.2, 0) is 9.59 Å². The van der Waals surface area contributed by atoms with Crippen LogP contribution in [0.3, 0.4) is 0 Å². The lowest BCUT2D eigenvalue weighted by Crippen LogP contribution is -3.15. The minimum Gasteiger partial charge on any atom is -0.344 e. The standard InChI is InChI=1S/C19H27N5O2S2/c1-12-13(2)28-19-17(12)18(20-14(3)21-19)27-11-16(26)24-8-6-23(7-9-24)10-15(25)22(4)5/h6-11H2,1-5H3/p+1. The number of rotatable bonds is 5. The number of amides is 2. The van der Waals surface area contributed by atoms with Gasteiger partial charge in [-0.15, -0.1) is 11.3 Å². The monoisotopic (exact) mass is 422 g/mol. The van der Waals surface area contributed by atoms with Gasteiger partial charge in [-0.3, -0.25) is 9.59 Å². The van der Waals surface area contributed by atoms with Gasteiger partial charge in [0, 0.05) is 24.4 Å². The highest BCUT2D eigenvalue weighted by atomic mass is 32.2. The van der Waals surface area contributed by atoms with Crippen molar-refractivity contribution in [2.75, 3.05) is 52.6 Å². The topological polar surface area (TPSA) is 70.8 Å². The molecular formula is C19H28N5O2S2+. The Balaban J connectivity index is 1.58. The lowest BCUT2D eigenvalue weighted by atomic mass is 10.2. The average molecular weight is 423 g/mol. The van der Waals surface area contributed by atoms with Gasteiger partial charge < -0.3 is 14.7 Å². The maximum Gasteiger partial charge on any atom is 0.277 e. The molecule has 0 atom stereocenters. The van der Waals surface area contributed by atoms with E-state index in [0.717, 1.165) is 34.2 Å². The van der Waals surface area contributed by atoms with Crippen molar-refractivity contribution >= 4 is 45.1 Å². The lowest BCUT2D eigenvalue weighted by molar-refractivity contribution is -0.896. The quantitative estimate of drug-likeness (QED) is 0.562. The summed E-state index contributed by atoms with van der Waals surface area (Å²) >= 11 is 3.19. The average Bonchev–Trinajstić information content (AvgIpc) is 2.93. The van der Waals surface area contributed by atoms with Crippen LogP contribution in [0.15, 0.2) is 5.03 Å². The summed E-state index contributed by atoms with van der Waals surface area (Å²) in [6.07, 6.45) is 0. The third-order valence-corrected chi connectivity index (χ3v) is 7.22. The normalized spacial score (nSPS) is 15.2. The molecule has 0 aliphatic carbocycles. The highest BCUT2D eigenvalue weighted by Crippen LogP contribution is 2.35. The first-order valence-corrected chi connectivity index (χ1v) is 11.2. The number of aromatic nitrogens is 2. The molecule has 28 heavy (non-hydrogen) atoms. The number of nitrogens with one attached hydrogen (secondary N) is 1. The van der Waals surface area contributed by atoms with Crippen LogP contribution in [0.2, 0.25) is 0 Å². The van der Waals surface area contributed by atoms with Crippen molar-refractivity contribution in [2.45, 2.75) is 25.8 Å². The SMILES string of the molecule is Cc1nc(SCC(=O)N2CC[NH+](CC(=O)N(C)C)CC2)c2c(C)c(C)sc2n1. The molecule has 7 nitrogen and oxygen atoms in total. The Morgan fingerprint density at radius 3 is 2.50 bits per heavy atom. The fourth-order valence-corrected chi connectivity index (χ4v) is 5.43. The van der Waals surface area contributed by atoms with E-state index in [0.29, 0.717) is 25.4 Å². The zero-order valence-corrected chi connectivity index (χ0v) is 18.8. The fraction of sp³-hybridized carbons (Fsp3) is 0.579. The molecule has 0 radical (unpaired) electrons. The predicted octanol–water partition coefficient (Wildman–Crippen LogP) is 0.524. The van der Waals surface area contributed by atoms with E-state index in [1.807, 2.05) is 11.8 Å². The molecule has 0 saturated carbocycles. The third kappa shape index (κ3) is 4.64. The Hall–Kier alpha value is -1.71. The molecule has 2 aromatic heterocycles. The van der Waals surface area contributed by atoms with Gasteiger partial charge in [0.15, 0.2) is 6.54 Å². The number of likely N-dealkylation sites (N-methyl/N-ethyl adjacent to an activating group) is 1. The number of fused-ring (bicyclic) bond motifs is 1.